The van der Waals surface area contributed by atoms with E-state index in [0.717, 1.165) is 40.3 Å². The quantitative estimate of drug-likeness (QED) is 0.617. The van der Waals surface area contributed by atoms with Gasteiger partial charge in [-0.15, -0.1) is 0 Å². The number of para-hydroxylation sites is 1. The third kappa shape index (κ3) is 6.09. The topological polar surface area (TPSA) is 66.5 Å². The maximum atomic E-state index is 12.2. The molecule has 2 aromatic carbocycles. The maximum Gasteiger partial charge on any atom is 0.242 e. The summed E-state index contributed by atoms with van der Waals surface area (Å²) in [6.07, 6.45) is 1.24. The fraction of sp³-hybridized carbons (Fsp3) is 0.381. The summed E-state index contributed by atoms with van der Waals surface area (Å²) in [7, 11) is -0.356. The van der Waals surface area contributed by atoms with Crippen molar-refractivity contribution >= 4 is 33.4 Å². The molecule has 7 heteroatoms. The van der Waals surface area contributed by atoms with Crippen LogP contribution in [0.25, 0.3) is 0 Å². The Morgan fingerprint density at radius 3 is 2.36 bits per heavy atom. The first-order valence-electron chi connectivity index (χ1n) is 9.17. The van der Waals surface area contributed by atoms with Gasteiger partial charge in [0.2, 0.25) is 15.9 Å². The Morgan fingerprint density at radius 1 is 1.07 bits per heavy atom. The molecule has 0 atom stereocenters. The number of aryl methyl sites for hydroxylation is 2. The minimum atomic E-state index is -3.41. The number of thioether (sulfide) groups is 1. The number of anilines is 1. The molecule has 0 aromatic heterocycles. The van der Waals surface area contributed by atoms with Crippen molar-refractivity contribution in [2.45, 2.75) is 37.3 Å². The number of rotatable bonds is 9. The molecule has 0 bridgehead atoms. The van der Waals surface area contributed by atoms with E-state index in [1.54, 1.807) is 30.0 Å². The Labute approximate surface area is 172 Å². The number of nitrogens with one attached hydrogen (secondary N) is 1. The Bertz CT molecular complexity index is 905. The Balaban J connectivity index is 1.78. The molecule has 0 aliphatic rings. The Hall–Kier alpha value is -1.83. The van der Waals surface area contributed by atoms with Gasteiger partial charge in [-0.25, -0.2) is 12.7 Å². The number of carbonyl (C=O) groups is 1. The van der Waals surface area contributed by atoms with Gasteiger partial charge in [-0.05, 0) is 54.8 Å². The van der Waals surface area contributed by atoms with Crippen molar-refractivity contribution in [3.8, 4) is 0 Å². The molecule has 2 rings (SSSR count). The number of benzene rings is 2. The summed E-state index contributed by atoms with van der Waals surface area (Å²) in [5, 5.41) is 3.00. The van der Waals surface area contributed by atoms with Crippen molar-refractivity contribution in [3.05, 3.63) is 59.2 Å². The summed E-state index contributed by atoms with van der Waals surface area (Å²) in [6, 6.07) is 13.0. The van der Waals surface area contributed by atoms with Crippen molar-refractivity contribution in [2.75, 3.05) is 25.2 Å². The van der Waals surface area contributed by atoms with Crippen molar-refractivity contribution in [1.29, 1.82) is 0 Å². The van der Waals surface area contributed by atoms with E-state index in [0.29, 0.717) is 11.3 Å². The van der Waals surface area contributed by atoms with Crippen molar-refractivity contribution in [3.63, 3.8) is 0 Å². The molecule has 0 fully saturated rings. The first kappa shape index (κ1) is 22.5. The molecule has 1 N–H and O–H groups in total. The maximum absolute atomic E-state index is 12.2. The van der Waals surface area contributed by atoms with Crippen molar-refractivity contribution in [2.24, 2.45) is 0 Å². The van der Waals surface area contributed by atoms with Crippen LogP contribution in [0.15, 0.2) is 47.4 Å². The molecule has 0 radical (unpaired) electrons. The van der Waals surface area contributed by atoms with Crippen LogP contribution in [0.2, 0.25) is 0 Å². The largest absolute Gasteiger partial charge is 0.326 e. The van der Waals surface area contributed by atoms with E-state index in [4.69, 9.17) is 0 Å². The first-order chi connectivity index (χ1) is 13.2. The molecule has 1 amide bonds. The molecule has 0 saturated carbocycles. The second kappa shape index (κ2) is 10.1. The van der Waals surface area contributed by atoms with Gasteiger partial charge in [0, 0.05) is 32.0 Å². The highest BCUT2D eigenvalue weighted by molar-refractivity contribution is 7.98. The predicted octanol–water partition coefficient (Wildman–Crippen LogP) is 4.21. The average Bonchev–Trinajstić information content (AvgIpc) is 2.64. The van der Waals surface area contributed by atoms with Crippen LogP contribution >= 0.6 is 11.8 Å². The highest BCUT2D eigenvalue weighted by Gasteiger charge is 2.17. The highest BCUT2D eigenvalue weighted by Crippen LogP contribution is 2.21. The molecule has 28 heavy (non-hydrogen) atoms. The molecule has 0 aliphatic carbocycles. The lowest BCUT2D eigenvalue weighted by Crippen LogP contribution is -2.22. The van der Waals surface area contributed by atoms with Crippen LogP contribution in [-0.4, -0.2) is 38.5 Å². The molecule has 0 aliphatic heterocycles. The molecule has 5 nitrogen and oxygen atoms in total. The van der Waals surface area contributed by atoms with E-state index < -0.39 is 10.0 Å². The fourth-order valence-electron chi connectivity index (χ4n) is 2.74. The van der Waals surface area contributed by atoms with E-state index in [1.165, 1.54) is 18.4 Å². The Kier molecular flexibility index (Phi) is 8.10. The van der Waals surface area contributed by atoms with Gasteiger partial charge in [-0.1, -0.05) is 30.3 Å². The number of carbonyl (C=O) groups excluding carboxylic acids is 1. The normalized spacial score (nSPS) is 11.6. The average molecular weight is 421 g/mol. The number of sulfonamides is 1. The van der Waals surface area contributed by atoms with Crippen LogP contribution in [0, 0.1) is 13.8 Å². The molecule has 0 unspecified atom stereocenters. The van der Waals surface area contributed by atoms with Gasteiger partial charge in [-0.2, -0.15) is 11.8 Å². The van der Waals surface area contributed by atoms with Crippen molar-refractivity contribution < 1.29 is 13.2 Å². The highest BCUT2D eigenvalue weighted by atomic mass is 32.2. The number of nitrogens with zero attached hydrogens (tertiary/aromatic N) is 1. The van der Waals surface area contributed by atoms with Gasteiger partial charge < -0.3 is 5.32 Å². The van der Waals surface area contributed by atoms with Crippen LogP contribution in [0.3, 0.4) is 0 Å². The standard InChI is InChI=1S/C21H28N2O3S2/c1-16-8-5-9-17(2)21(16)22-20(24)12-7-13-27-15-18-10-6-11-19(14-18)28(25,26)23(3)4/h5-6,8-11,14H,7,12-13,15H2,1-4H3,(H,22,24). The summed E-state index contributed by atoms with van der Waals surface area (Å²) in [4.78, 5) is 12.5. The monoisotopic (exact) mass is 420 g/mol. The van der Waals surface area contributed by atoms with Gasteiger partial charge in [0.15, 0.2) is 0 Å². The summed E-state index contributed by atoms with van der Waals surface area (Å²) in [6.45, 7) is 3.98. The molecular weight excluding hydrogens is 392 g/mol. The van der Waals surface area contributed by atoms with Gasteiger partial charge in [-0.3, -0.25) is 4.79 Å². The summed E-state index contributed by atoms with van der Waals surface area (Å²) < 4.78 is 25.6. The van der Waals surface area contributed by atoms with Gasteiger partial charge in [0.05, 0.1) is 4.90 Å². The number of hydrogen-bond donors (Lipinski definition) is 1. The third-order valence-electron chi connectivity index (χ3n) is 4.38. The molecular formula is C21H28N2O3S2. The smallest absolute Gasteiger partial charge is 0.242 e. The molecule has 0 spiro atoms. The number of hydrogen-bond acceptors (Lipinski definition) is 4. The second-order valence-corrected chi connectivity index (χ2v) is 10.2. The zero-order chi connectivity index (χ0) is 20.7. The minimum Gasteiger partial charge on any atom is -0.326 e. The van der Waals surface area contributed by atoms with E-state index in [2.05, 4.69) is 5.32 Å². The van der Waals surface area contributed by atoms with Gasteiger partial charge in [0.1, 0.15) is 0 Å². The van der Waals surface area contributed by atoms with Crippen LogP contribution in [0.5, 0.6) is 0 Å². The van der Waals surface area contributed by atoms with Crippen LogP contribution in [0.4, 0.5) is 5.69 Å². The fourth-order valence-corrected chi connectivity index (χ4v) is 4.63. The lowest BCUT2D eigenvalue weighted by Gasteiger charge is -2.12. The molecule has 0 heterocycles. The lowest BCUT2D eigenvalue weighted by atomic mass is 10.1. The predicted molar refractivity (Wildman–Crippen MR) is 117 cm³/mol. The first-order valence-corrected chi connectivity index (χ1v) is 11.8. The van der Waals surface area contributed by atoms with E-state index in [1.807, 2.05) is 38.1 Å². The van der Waals surface area contributed by atoms with E-state index >= 15 is 0 Å². The minimum absolute atomic E-state index is 0.0251. The second-order valence-electron chi connectivity index (χ2n) is 6.91. The molecule has 152 valence electrons. The number of amides is 1. The van der Waals surface area contributed by atoms with Crippen molar-refractivity contribution in [1.82, 2.24) is 4.31 Å². The lowest BCUT2D eigenvalue weighted by molar-refractivity contribution is -0.116. The third-order valence-corrected chi connectivity index (χ3v) is 7.31. The summed E-state index contributed by atoms with van der Waals surface area (Å²) in [5.41, 5.74) is 4.00. The summed E-state index contributed by atoms with van der Waals surface area (Å²) >= 11 is 1.70. The van der Waals surface area contributed by atoms with E-state index in [-0.39, 0.29) is 5.91 Å². The van der Waals surface area contributed by atoms with Gasteiger partial charge in [0.25, 0.3) is 0 Å². The SMILES string of the molecule is Cc1cccc(C)c1NC(=O)CCCSCc1cccc(S(=O)(=O)N(C)C)c1. The van der Waals surface area contributed by atoms with Gasteiger partial charge >= 0.3 is 0 Å². The molecule has 0 saturated heterocycles. The zero-order valence-corrected chi connectivity index (χ0v) is 18.5. The van der Waals surface area contributed by atoms with E-state index in [9.17, 15) is 13.2 Å². The zero-order valence-electron chi connectivity index (χ0n) is 16.9. The summed E-state index contributed by atoms with van der Waals surface area (Å²) in [5.74, 6) is 1.58. The van der Waals surface area contributed by atoms with Crippen LogP contribution in [0.1, 0.15) is 29.5 Å². The van der Waals surface area contributed by atoms with Crippen LogP contribution < -0.4 is 5.32 Å². The molecule has 2 aromatic rings. The van der Waals surface area contributed by atoms with Crippen LogP contribution in [-0.2, 0) is 20.6 Å². The Morgan fingerprint density at radius 2 is 1.71 bits per heavy atom.